The zero-order chi connectivity index (χ0) is 19.3. The molecule has 1 amide bonds. The van der Waals surface area contributed by atoms with Gasteiger partial charge in [-0.1, -0.05) is 42.5 Å². The summed E-state index contributed by atoms with van der Waals surface area (Å²) in [6.07, 6.45) is 3.77. The van der Waals surface area contributed by atoms with Gasteiger partial charge in [0.15, 0.2) is 0 Å². The maximum atomic E-state index is 12.2. The first-order valence-corrected chi connectivity index (χ1v) is 10.2. The molecule has 0 atom stereocenters. The number of rotatable bonds is 7. The molecule has 2 heterocycles. The highest BCUT2D eigenvalue weighted by Gasteiger charge is 2.12. The maximum absolute atomic E-state index is 12.2. The Morgan fingerprint density at radius 3 is 2.71 bits per heavy atom. The third-order valence-corrected chi connectivity index (χ3v) is 5.80. The number of hydrogen-bond acceptors (Lipinski definition) is 3. The van der Waals surface area contributed by atoms with Gasteiger partial charge in [0, 0.05) is 28.5 Å². The number of benzene rings is 2. The van der Waals surface area contributed by atoms with E-state index in [1.165, 1.54) is 22.0 Å². The fraction of sp³-hybridized carbons (Fsp3) is 0.174. The number of nitrogens with one attached hydrogen (secondary N) is 1. The number of carbonyl (C=O) groups is 1. The molecule has 0 radical (unpaired) electrons. The van der Waals surface area contributed by atoms with Crippen LogP contribution in [0.4, 0.5) is 0 Å². The van der Waals surface area contributed by atoms with Crippen LogP contribution in [0.3, 0.4) is 0 Å². The Balaban J connectivity index is 1.48. The normalized spacial score (nSPS) is 11.0. The average Bonchev–Trinajstić information content (AvgIpc) is 3.35. The number of fused-ring (bicyclic) bond motifs is 1. The second kappa shape index (κ2) is 8.40. The van der Waals surface area contributed by atoms with Crippen LogP contribution in [0.15, 0.2) is 82.4 Å². The minimum atomic E-state index is -0.00265. The van der Waals surface area contributed by atoms with Crippen molar-refractivity contribution in [2.24, 2.45) is 0 Å². The van der Waals surface area contributed by atoms with Gasteiger partial charge in [0.1, 0.15) is 5.76 Å². The summed E-state index contributed by atoms with van der Waals surface area (Å²) < 4.78 is 7.51. The Kier molecular flexibility index (Phi) is 5.53. The van der Waals surface area contributed by atoms with Gasteiger partial charge in [-0.15, -0.1) is 11.8 Å². The van der Waals surface area contributed by atoms with Crippen molar-refractivity contribution < 1.29 is 9.21 Å². The first kappa shape index (κ1) is 18.4. The summed E-state index contributed by atoms with van der Waals surface area (Å²) in [6, 6.07) is 20.5. The van der Waals surface area contributed by atoms with Gasteiger partial charge in [-0.2, -0.15) is 0 Å². The number of carbonyl (C=O) groups excluding carboxylic acids is 1. The van der Waals surface area contributed by atoms with Crippen molar-refractivity contribution in [2.75, 3.05) is 5.75 Å². The predicted molar refractivity (Wildman–Crippen MR) is 113 cm³/mol. The average molecular weight is 391 g/mol. The van der Waals surface area contributed by atoms with Crippen LogP contribution in [0.25, 0.3) is 10.9 Å². The lowest BCUT2D eigenvalue weighted by Crippen LogP contribution is -2.24. The lowest BCUT2D eigenvalue weighted by Gasteiger charge is -2.08. The lowest BCUT2D eigenvalue weighted by atomic mass is 10.1. The van der Waals surface area contributed by atoms with Gasteiger partial charge in [-0.3, -0.25) is 4.79 Å². The fourth-order valence-electron chi connectivity index (χ4n) is 3.22. The summed E-state index contributed by atoms with van der Waals surface area (Å²) in [5.74, 6) is 1.13. The van der Waals surface area contributed by atoms with Crippen LogP contribution < -0.4 is 5.32 Å². The quantitative estimate of drug-likeness (QED) is 0.452. The molecule has 0 bridgehead atoms. The van der Waals surface area contributed by atoms with Gasteiger partial charge in [-0.25, -0.2) is 0 Å². The lowest BCUT2D eigenvalue weighted by molar-refractivity contribution is -0.118. The molecule has 0 fully saturated rings. The predicted octanol–water partition coefficient (Wildman–Crippen LogP) is 5.00. The molecule has 5 heteroatoms. The molecule has 4 aromatic rings. The Labute approximate surface area is 168 Å². The minimum absolute atomic E-state index is 0.00265. The zero-order valence-electron chi connectivity index (χ0n) is 15.7. The van der Waals surface area contributed by atoms with Crippen molar-refractivity contribution in [1.82, 2.24) is 9.88 Å². The Hall–Kier alpha value is -2.92. The van der Waals surface area contributed by atoms with Crippen molar-refractivity contribution in [3.8, 4) is 0 Å². The van der Waals surface area contributed by atoms with Crippen LogP contribution in [-0.4, -0.2) is 16.2 Å². The number of para-hydroxylation sites is 1. The minimum Gasteiger partial charge on any atom is -0.467 e. The van der Waals surface area contributed by atoms with Crippen LogP contribution in [0.2, 0.25) is 0 Å². The molecule has 0 saturated carbocycles. The van der Waals surface area contributed by atoms with Gasteiger partial charge in [0.25, 0.3) is 0 Å². The molecule has 0 aliphatic rings. The third-order valence-electron chi connectivity index (χ3n) is 4.75. The number of amides is 1. The van der Waals surface area contributed by atoms with Crippen LogP contribution in [0.1, 0.15) is 16.9 Å². The number of aryl methyl sites for hydroxylation is 1. The van der Waals surface area contributed by atoms with E-state index >= 15 is 0 Å². The molecule has 0 aliphatic heterocycles. The summed E-state index contributed by atoms with van der Waals surface area (Å²) in [5, 5.41) is 4.08. The first-order chi connectivity index (χ1) is 13.7. The van der Waals surface area contributed by atoms with Gasteiger partial charge in [0.05, 0.1) is 18.6 Å². The number of hydrogen-bond donors (Lipinski definition) is 1. The van der Waals surface area contributed by atoms with Crippen LogP contribution in [0, 0.1) is 6.92 Å². The SMILES string of the molecule is Cc1ccccc1Cn1cc(SCC(=O)NCc2ccco2)c2ccccc21. The summed E-state index contributed by atoms with van der Waals surface area (Å²) in [5.41, 5.74) is 3.77. The maximum Gasteiger partial charge on any atom is 0.230 e. The highest BCUT2D eigenvalue weighted by atomic mass is 32.2. The van der Waals surface area contributed by atoms with Gasteiger partial charge < -0.3 is 14.3 Å². The van der Waals surface area contributed by atoms with Crippen molar-refractivity contribution in [1.29, 1.82) is 0 Å². The van der Waals surface area contributed by atoms with Crippen molar-refractivity contribution >= 4 is 28.6 Å². The van der Waals surface area contributed by atoms with Crippen molar-refractivity contribution in [3.05, 3.63) is 90.0 Å². The van der Waals surface area contributed by atoms with Crippen LogP contribution in [-0.2, 0) is 17.9 Å². The summed E-state index contributed by atoms with van der Waals surface area (Å²) in [7, 11) is 0. The molecule has 2 aromatic heterocycles. The second-order valence-electron chi connectivity index (χ2n) is 6.71. The third kappa shape index (κ3) is 4.15. The standard InChI is InChI=1S/C23H22N2O2S/c1-17-7-2-3-8-18(17)14-25-15-22(20-10-4-5-11-21(20)25)28-16-23(26)24-13-19-9-6-12-27-19/h2-12,15H,13-14,16H2,1H3,(H,24,26). The first-order valence-electron chi connectivity index (χ1n) is 9.25. The number of thioether (sulfide) groups is 1. The van der Waals surface area contributed by atoms with Gasteiger partial charge in [0.2, 0.25) is 5.91 Å². The molecule has 142 valence electrons. The molecule has 0 unspecified atom stereocenters. The molecular formula is C23H22N2O2S. The smallest absolute Gasteiger partial charge is 0.230 e. The zero-order valence-corrected chi connectivity index (χ0v) is 16.5. The van der Waals surface area contributed by atoms with E-state index in [2.05, 4.69) is 65.5 Å². The topological polar surface area (TPSA) is 47.2 Å². The van der Waals surface area contributed by atoms with E-state index in [1.54, 1.807) is 18.0 Å². The van der Waals surface area contributed by atoms with E-state index in [-0.39, 0.29) is 5.91 Å². The molecule has 2 aromatic carbocycles. The monoisotopic (exact) mass is 390 g/mol. The van der Waals surface area contributed by atoms with Crippen LogP contribution >= 0.6 is 11.8 Å². The fourth-order valence-corrected chi connectivity index (χ4v) is 4.14. The van der Waals surface area contributed by atoms with E-state index in [0.717, 1.165) is 17.2 Å². The molecular weight excluding hydrogens is 368 g/mol. The summed E-state index contributed by atoms with van der Waals surface area (Å²) >= 11 is 1.57. The second-order valence-corrected chi connectivity index (χ2v) is 7.73. The number of furan rings is 1. The van der Waals surface area contributed by atoms with E-state index in [4.69, 9.17) is 4.42 Å². The highest BCUT2D eigenvalue weighted by Crippen LogP contribution is 2.30. The molecule has 0 aliphatic carbocycles. The molecule has 28 heavy (non-hydrogen) atoms. The highest BCUT2D eigenvalue weighted by molar-refractivity contribution is 8.00. The van der Waals surface area contributed by atoms with Gasteiger partial charge >= 0.3 is 0 Å². The molecule has 0 spiro atoms. The van der Waals surface area contributed by atoms with Crippen molar-refractivity contribution in [3.63, 3.8) is 0 Å². The number of nitrogens with zero attached hydrogens (tertiary/aromatic N) is 1. The van der Waals surface area contributed by atoms with Crippen LogP contribution in [0.5, 0.6) is 0 Å². The van der Waals surface area contributed by atoms with E-state index in [0.29, 0.717) is 12.3 Å². The Bertz CT molecular complexity index is 1080. The Morgan fingerprint density at radius 1 is 1.07 bits per heavy atom. The molecule has 4 nitrogen and oxygen atoms in total. The molecule has 4 rings (SSSR count). The van der Waals surface area contributed by atoms with Gasteiger partial charge in [-0.05, 0) is 36.2 Å². The van der Waals surface area contributed by atoms with Crippen molar-refractivity contribution in [2.45, 2.75) is 24.9 Å². The number of aromatic nitrogens is 1. The van der Waals surface area contributed by atoms with E-state index in [9.17, 15) is 4.79 Å². The van der Waals surface area contributed by atoms with E-state index < -0.39 is 0 Å². The Morgan fingerprint density at radius 2 is 1.89 bits per heavy atom. The summed E-state index contributed by atoms with van der Waals surface area (Å²) in [6.45, 7) is 3.37. The van der Waals surface area contributed by atoms with E-state index in [1.807, 2.05) is 18.2 Å². The largest absolute Gasteiger partial charge is 0.467 e. The summed E-state index contributed by atoms with van der Waals surface area (Å²) in [4.78, 5) is 13.3. The molecule has 1 N–H and O–H groups in total. The molecule has 0 saturated heterocycles.